The van der Waals surface area contributed by atoms with Crippen molar-refractivity contribution in [3.63, 3.8) is 0 Å². The molecular formula is C18H19ClN2O3S. The van der Waals surface area contributed by atoms with Gasteiger partial charge in [0.2, 0.25) is 0 Å². The number of rotatable bonds is 4. The SMILES string of the molecule is Cc1nn([C@@H]2CCS(=O)(=O)C2)c(C)c1/C=C/C(=O)c1ccccc1Cl. The molecule has 1 aromatic heterocycles. The highest BCUT2D eigenvalue weighted by molar-refractivity contribution is 7.91. The van der Waals surface area contributed by atoms with Crippen LogP contribution in [0.5, 0.6) is 0 Å². The smallest absolute Gasteiger partial charge is 0.187 e. The van der Waals surface area contributed by atoms with Crippen LogP contribution in [0.15, 0.2) is 30.3 Å². The first-order valence-electron chi connectivity index (χ1n) is 8.01. The fraction of sp³-hybridized carbons (Fsp3) is 0.333. The molecule has 0 bridgehead atoms. The lowest BCUT2D eigenvalue weighted by atomic mass is 10.1. The maximum absolute atomic E-state index is 12.3. The van der Waals surface area contributed by atoms with Crippen LogP contribution in [-0.4, -0.2) is 35.5 Å². The van der Waals surface area contributed by atoms with Gasteiger partial charge in [0.1, 0.15) is 0 Å². The minimum absolute atomic E-state index is 0.122. The summed E-state index contributed by atoms with van der Waals surface area (Å²) >= 11 is 6.05. The van der Waals surface area contributed by atoms with Crippen LogP contribution in [0.4, 0.5) is 0 Å². The highest BCUT2D eigenvalue weighted by Gasteiger charge is 2.31. The summed E-state index contributed by atoms with van der Waals surface area (Å²) in [6.07, 6.45) is 3.78. The van der Waals surface area contributed by atoms with Crippen LogP contribution in [0.1, 0.15) is 39.8 Å². The number of carbonyl (C=O) groups excluding carboxylic acids is 1. The molecule has 1 aliphatic heterocycles. The maximum atomic E-state index is 12.3. The Morgan fingerprint density at radius 2 is 2.04 bits per heavy atom. The highest BCUT2D eigenvalue weighted by Crippen LogP contribution is 2.27. The molecule has 5 nitrogen and oxygen atoms in total. The molecule has 25 heavy (non-hydrogen) atoms. The van der Waals surface area contributed by atoms with E-state index in [9.17, 15) is 13.2 Å². The number of sulfone groups is 1. The molecule has 1 aromatic carbocycles. The molecule has 0 amide bonds. The Morgan fingerprint density at radius 3 is 2.68 bits per heavy atom. The second-order valence-corrected chi connectivity index (χ2v) is 8.90. The average Bonchev–Trinajstić information content (AvgIpc) is 3.05. The van der Waals surface area contributed by atoms with Gasteiger partial charge in [0, 0.05) is 16.8 Å². The van der Waals surface area contributed by atoms with Gasteiger partial charge in [-0.1, -0.05) is 23.7 Å². The minimum Gasteiger partial charge on any atom is -0.289 e. The Balaban J connectivity index is 1.86. The van der Waals surface area contributed by atoms with Crippen molar-refractivity contribution in [1.29, 1.82) is 0 Å². The van der Waals surface area contributed by atoms with E-state index in [0.29, 0.717) is 17.0 Å². The van der Waals surface area contributed by atoms with E-state index in [4.69, 9.17) is 11.6 Å². The van der Waals surface area contributed by atoms with Crippen LogP contribution in [0.25, 0.3) is 6.08 Å². The molecule has 0 saturated carbocycles. The molecule has 1 aliphatic rings. The second-order valence-electron chi connectivity index (χ2n) is 6.26. The van der Waals surface area contributed by atoms with Gasteiger partial charge in [-0.2, -0.15) is 5.10 Å². The van der Waals surface area contributed by atoms with Crippen LogP contribution < -0.4 is 0 Å². The van der Waals surface area contributed by atoms with E-state index in [2.05, 4.69) is 5.10 Å². The van der Waals surface area contributed by atoms with E-state index in [-0.39, 0.29) is 23.3 Å². The minimum atomic E-state index is -2.98. The third kappa shape index (κ3) is 3.70. The number of aromatic nitrogens is 2. The van der Waals surface area contributed by atoms with Crippen LogP contribution in [0.3, 0.4) is 0 Å². The first kappa shape index (κ1) is 17.9. The van der Waals surface area contributed by atoms with Gasteiger partial charge < -0.3 is 0 Å². The van der Waals surface area contributed by atoms with Crippen LogP contribution in [-0.2, 0) is 9.84 Å². The van der Waals surface area contributed by atoms with E-state index in [1.807, 2.05) is 13.8 Å². The maximum Gasteiger partial charge on any atom is 0.187 e. The van der Waals surface area contributed by atoms with E-state index >= 15 is 0 Å². The van der Waals surface area contributed by atoms with Crippen molar-refractivity contribution in [1.82, 2.24) is 9.78 Å². The van der Waals surface area contributed by atoms with Crippen molar-refractivity contribution < 1.29 is 13.2 Å². The third-order valence-corrected chi connectivity index (χ3v) is 6.56. The van der Waals surface area contributed by atoms with Crippen molar-refractivity contribution in [2.75, 3.05) is 11.5 Å². The Bertz CT molecular complexity index is 961. The Kier molecular flexibility index (Phi) is 4.84. The fourth-order valence-electron chi connectivity index (χ4n) is 3.15. The molecule has 132 valence electrons. The second kappa shape index (κ2) is 6.77. The van der Waals surface area contributed by atoms with Crippen molar-refractivity contribution in [2.45, 2.75) is 26.3 Å². The van der Waals surface area contributed by atoms with Crippen molar-refractivity contribution in [3.05, 3.63) is 57.9 Å². The van der Waals surface area contributed by atoms with Gasteiger partial charge >= 0.3 is 0 Å². The number of aryl methyl sites for hydroxylation is 1. The van der Waals surface area contributed by atoms with Crippen molar-refractivity contribution in [3.8, 4) is 0 Å². The summed E-state index contributed by atoms with van der Waals surface area (Å²) in [4.78, 5) is 12.3. The molecule has 0 radical (unpaired) electrons. The number of hydrogen-bond donors (Lipinski definition) is 0. The van der Waals surface area contributed by atoms with Crippen LogP contribution >= 0.6 is 11.6 Å². The van der Waals surface area contributed by atoms with Crippen molar-refractivity contribution in [2.24, 2.45) is 0 Å². The van der Waals surface area contributed by atoms with Gasteiger partial charge in [0.15, 0.2) is 15.6 Å². The first-order chi connectivity index (χ1) is 11.8. The zero-order valence-electron chi connectivity index (χ0n) is 14.1. The lowest BCUT2D eigenvalue weighted by Gasteiger charge is -2.10. The Labute approximate surface area is 152 Å². The highest BCUT2D eigenvalue weighted by atomic mass is 35.5. The van der Waals surface area contributed by atoms with Gasteiger partial charge in [-0.15, -0.1) is 0 Å². The molecule has 1 saturated heterocycles. The van der Waals surface area contributed by atoms with E-state index in [1.165, 1.54) is 6.08 Å². The summed E-state index contributed by atoms with van der Waals surface area (Å²) in [6, 6.07) is 6.77. The number of nitrogens with zero attached hydrogens (tertiary/aromatic N) is 2. The van der Waals surface area contributed by atoms with Gasteiger partial charge in [-0.05, 0) is 44.6 Å². The van der Waals surface area contributed by atoms with Gasteiger partial charge in [-0.25, -0.2) is 8.42 Å². The molecule has 0 unspecified atom stereocenters. The summed E-state index contributed by atoms with van der Waals surface area (Å²) in [7, 11) is -2.98. The molecule has 2 aromatic rings. The molecule has 1 atom stereocenters. The van der Waals surface area contributed by atoms with Gasteiger partial charge in [0.05, 0.1) is 28.3 Å². The lowest BCUT2D eigenvalue weighted by Crippen LogP contribution is -2.13. The molecule has 2 heterocycles. The number of hydrogen-bond acceptors (Lipinski definition) is 4. The number of carbonyl (C=O) groups is 1. The Hall–Kier alpha value is -1.92. The number of allylic oxidation sites excluding steroid dienone is 1. The zero-order chi connectivity index (χ0) is 18.2. The van der Waals surface area contributed by atoms with Crippen molar-refractivity contribution >= 4 is 33.3 Å². The van der Waals surface area contributed by atoms with E-state index in [1.54, 1.807) is 35.0 Å². The number of ketones is 1. The normalized spacial score (nSPS) is 19.6. The molecule has 0 N–H and O–H groups in total. The summed E-state index contributed by atoms with van der Waals surface area (Å²) in [5.41, 5.74) is 2.92. The predicted molar refractivity (Wildman–Crippen MR) is 98.8 cm³/mol. The fourth-order valence-corrected chi connectivity index (χ4v) is 5.07. The lowest BCUT2D eigenvalue weighted by molar-refractivity contribution is 0.104. The first-order valence-corrected chi connectivity index (χ1v) is 10.2. The molecule has 7 heteroatoms. The molecule has 1 fully saturated rings. The van der Waals surface area contributed by atoms with Gasteiger partial charge in [-0.3, -0.25) is 9.48 Å². The molecule has 0 spiro atoms. The molecule has 3 rings (SSSR count). The average molecular weight is 379 g/mol. The molecular weight excluding hydrogens is 360 g/mol. The summed E-state index contributed by atoms with van der Waals surface area (Å²) in [6.45, 7) is 3.75. The summed E-state index contributed by atoms with van der Waals surface area (Å²) in [5, 5.41) is 4.90. The zero-order valence-corrected chi connectivity index (χ0v) is 15.6. The Morgan fingerprint density at radius 1 is 1.32 bits per heavy atom. The standard InChI is InChI=1S/C18H19ClN2O3S/c1-12-15(7-8-18(22)16-5-3-4-6-17(16)19)13(2)21(20-12)14-9-10-25(23,24)11-14/h3-8,14H,9-11H2,1-2H3/b8-7+/t14-/m1/s1. The topological polar surface area (TPSA) is 69.0 Å². The number of benzene rings is 1. The van der Waals surface area contributed by atoms with E-state index in [0.717, 1.165) is 17.0 Å². The third-order valence-electron chi connectivity index (χ3n) is 4.48. The predicted octanol–water partition coefficient (Wildman–Crippen LogP) is 3.41. The monoisotopic (exact) mass is 378 g/mol. The molecule has 0 aliphatic carbocycles. The quantitative estimate of drug-likeness (QED) is 0.604. The summed E-state index contributed by atoms with van der Waals surface area (Å²) < 4.78 is 25.2. The summed E-state index contributed by atoms with van der Waals surface area (Å²) in [5.74, 6) is 0.142. The van der Waals surface area contributed by atoms with Crippen LogP contribution in [0, 0.1) is 13.8 Å². The number of halogens is 1. The van der Waals surface area contributed by atoms with Crippen LogP contribution in [0.2, 0.25) is 5.02 Å². The van der Waals surface area contributed by atoms with Gasteiger partial charge in [0.25, 0.3) is 0 Å². The van der Waals surface area contributed by atoms with E-state index < -0.39 is 9.84 Å². The largest absolute Gasteiger partial charge is 0.289 e.